The zero-order valence-electron chi connectivity index (χ0n) is 14.0. The van der Waals surface area contributed by atoms with Crippen LogP contribution in [0.4, 0.5) is 5.82 Å². The van der Waals surface area contributed by atoms with Gasteiger partial charge >= 0.3 is 0 Å². The van der Waals surface area contributed by atoms with Crippen LogP contribution < -0.4 is 10.6 Å². The van der Waals surface area contributed by atoms with Gasteiger partial charge in [-0.15, -0.1) is 0 Å². The van der Waals surface area contributed by atoms with Gasteiger partial charge < -0.3 is 10.6 Å². The first-order valence-electron chi connectivity index (χ1n) is 7.93. The number of benzene rings is 1. The van der Waals surface area contributed by atoms with E-state index in [2.05, 4.69) is 31.5 Å². The number of rotatable bonds is 8. The third kappa shape index (κ3) is 7.45. The lowest BCUT2D eigenvalue weighted by atomic mass is 10.1. The lowest BCUT2D eigenvalue weighted by molar-refractivity contribution is -0.122. The number of amides is 2. The molecule has 1 aromatic heterocycles. The lowest BCUT2D eigenvalue weighted by Gasteiger charge is -2.15. The van der Waals surface area contributed by atoms with Crippen LogP contribution in [0.25, 0.3) is 0 Å². The SMILES string of the molecule is CN(CC(=O)NCCc1ccccc1)CC(=O)Nc1ccc(Br)cn1. The molecule has 2 aromatic rings. The molecular formula is C18H21BrN4O2. The van der Waals surface area contributed by atoms with Crippen molar-refractivity contribution in [1.82, 2.24) is 15.2 Å². The summed E-state index contributed by atoms with van der Waals surface area (Å²) in [5, 5.41) is 5.56. The molecule has 0 saturated carbocycles. The molecule has 0 spiro atoms. The molecule has 0 radical (unpaired) electrons. The number of anilines is 1. The molecule has 132 valence electrons. The summed E-state index contributed by atoms with van der Waals surface area (Å²) in [6.07, 6.45) is 2.39. The number of hydrogen-bond acceptors (Lipinski definition) is 4. The first-order chi connectivity index (χ1) is 12.0. The molecule has 0 unspecified atom stereocenters. The Hall–Kier alpha value is -2.25. The predicted molar refractivity (Wildman–Crippen MR) is 101 cm³/mol. The maximum Gasteiger partial charge on any atom is 0.239 e. The van der Waals surface area contributed by atoms with Crippen LogP contribution in [0.1, 0.15) is 5.56 Å². The molecule has 1 aromatic carbocycles. The molecule has 0 fully saturated rings. The van der Waals surface area contributed by atoms with Crippen LogP contribution in [0, 0.1) is 0 Å². The molecule has 7 heteroatoms. The quantitative estimate of drug-likeness (QED) is 0.706. The van der Waals surface area contributed by atoms with Gasteiger partial charge in [0.1, 0.15) is 5.82 Å². The van der Waals surface area contributed by atoms with E-state index in [1.165, 1.54) is 5.56 Å². The predicted octanol–water partition coefficient (Wildman–Crippen LogP) is 2.07. The van der Waals surface area contributed by atoms with Crippen molar-refractivity contribution in [2.45, 2.75) is 6.42 Å². The van der Waals surface area contributed by atoms with Crippen molar-refractivity contribution in [3.8, 4) is 0 Å². The van der Waals surface area contributed by atoms with Gasteiger partial charge in [0.05, 0.1) is 13.1 Å². The highest BCUT2D eigenvalue weighted by Gasteiger charge is 2.11. The Morgan fingerprint density at radius 3 is 2.48 bits per heavy atom. The zero-order chi connectivity index (χ0) is 18.1. The number of hydrogen-bond donors (Lipinski definition) is 2. The lowest BCUT2D eigenvalue weighted by Crippen LogP contribution is -2.39. The Morgan fingerprint density at radius 1 is 1.08 bits per heavy atom. The summed E-state index contributed by atoms with van der Waals surface area (Å²) in [7, 11) is 1.73. The van der Waals surface area contributed by atoms with Crippen LogP contribution in [0.5, 0.6) is 0 Å². The second-order valence-corrected chi connectivity index (χ2v) is 6.58. The molecule has 0 saturated heterocycles. The summed E-state index contributed by atoms with van der Waals surface area (Å²) in [5.74, 6) is 0.163. The number of halogens is 1. The van der Waals surface area contributed by atoms with Crippen molar-refractivity contribution in [2.75, 3.05) is 32.0 Å². The third-order valence-corrected chi connectivity index (χ3v) is 3.87. The highest BCUT2D eigenvalue weighted by Crippen LogP contribution is 2.10. The summed E-state index contributed by atoms with van der Waals surface area (Å²) in [5.41, 5.74) is 1.18. The maximum atomic E-state index is 12.0. The van der Waals surface area contributed by atoms with Crippen LogP contribution in [-0.4, -0.2) is 48.4 Å². The van der Waals surface area contributed by atoms with E-state index in [-0.39, 0.29) is 24.9 Å². The Kier molecular flexibility index (Phi) is 7.56. The minimum absolute atomic E-state index is 0.104. The fraction of sp³-hybridized carbons (Fsp3) is 0.278. The van der Waals surface area contributed by atoms with Crippen LogP contribution in [-0.2, 0) is 16.0 Å². The van der Waals surface area contributed by atoms with Crippen molar-refractivity contribution >= 4 is 33.6 Å². The number of carbonyl (C=O) groups excluding carboxylic acids is 2. The number of pyridine rings is 1. The summed E-state index contributed by atoms with van der Waals surface area (Å²) in [6.45, 7) is 0.853. The first-order valence-corrected chi connectivity index (χ1v) is 8.73. The van der Waals surface area contributed by atoms with E-state index in [0.717, 1.165) is 10.9 Å². The number of aromatic nitrogens is 1. The van der Waals surface area contributed by atoms with E-state index in [9.17, 15) is 9.59 Å². The summed E-state index contributed by atoms with van der Waals surface area (Å²) >= 11 is 3.29. The summed E-state index contributed by atoms with van der Waals surface area (Å²) in [6, 6.07) is 13.5. The van der Waals surface area contributed by atoms with Gasteiger partial charge in [0.2, 0.25) is 11.8 Å². The molecule has 6 nitrogen and oxygen atoms in total. The van der Waals surface area contributed by atoms with Crippen molar-refractivity contribution in [1.29, 1.82) is 0 Å². The molecule has 1 heterocycles. The first kappa shape index (κ1) is 19.1. The zero-order valence-corrected chi connectivity index (χ0v) is 15.6. The van der Waals surface area contributed by atoms with E-state index >= 15 is 0 Å². The topological polar surface area (TPSA) is 74.3 Å². The van der Waals surface area contributed by atoms with Crippen molar-refractivity contribution in [3.05, 3.63) is 58.7 Å². The second kappa shape index (κ2) is 9.90. The Bertz CT molecular complexity index is 692. The molecule has 2 N–H and O–H groups in total. The monoisotopic (exact) mass is 404 g/mol. The standard InChI is InChI=1S/C18H21BrN4O2/c1-23(13-18(25)22-16-8-7-15(19)11-21-16)12-17(24)20-10-9-14-5-3-2-4-6-14/h2-8,11H,9-10,12-13H2,1H3,(H,20,24)(H,21,22,25). The highest BCUT2D eigenvalue weighted by atomic mass is 79.9. The van der Waals surface area contributed by atoms with Crippen LogP contribution in [0.3, 0.4) is 0 Å². The second-order valence-electron chi connectivity index (χ2n) is 5.67. The minimum atomic E-state index is -0.214. The van der Waals surface area contributed by atoms with E-state index in [4.69, 9.17) is 0 Å². The highest BCUT2D eigenvalue weighted by molar-refractivity contribution is 9.10. The normalized spacial score (nSPS) is 10.5. The molecule has 0 aliphatic rings. The fourth-order valence-corrected chi connectivity index (χ4v) is 2.46. The van der Waals surface area contributed by atoms with Crippen LogP contribution in [0.2, 0.25) is 0 Å². The van der Waals surface area contributed by atoms with Gasteiger partial charge in [-0.2, -0.15) is 0 Å². The third-order valence-electron chi connectivity index (χ3n) is 3.40. The molecule has 2 amide bonds. The number of nitrogens with zero attached hydrogens (tertiary/aromatic N) is 2. The largest absolute Gasteiger partial charge is 0.355 e. The molecule has 25 heavy (non-hydrogen) atoms. The Labute approximate surface area is 155 Å². The average molecular weight is 405 g/mol. The number of nitrogens with one attached hydrogen (secondary N) is 2. The van der Waals surface area contributed by atoms with Gasteiger partial charge in [0.25, 0.3) is 0 Å². The molecule has 0 bridgehead atoms. The molecule has 2 rings (SSSR count). The van der Waals surface area contributed by atoms with Gasteiger partial charge in [-0.05, 0) is 47.1 Å². The van der Waals surface area contributed by atoms with Gasteiger partial charge in [-0.3, -0.25) is 14.5 Å². The van der Waals surface area contributed by atoms with Crippen molar-refractivity contribution in [2.24, 2.45) is 0 Å². The summed E-state index contributed by atoms with van der Waals surface area (Å²) < 4.78 is 0.842. The van der Waals surface area contributed by atoms with Gasteiger partial charge in [-0.25, -0.2) is 4.98 Å². The Balaban J connectivity index is 1.66. The van der Waals surface area contributed by atoms with E-state index in [0.29, 0.717) is 12.4 Å². The maximum absolute atomic E-state index is 12.0. The number of carbonyl (C=O) groups is 2. The van der Waals surface area contributed by atoms with Gasteiger partial charge in [-0.1, -0.05) is 30.3 Å². The van der Waals surface area contributed by atoms with Crippen LogP contribution in [0.15, 0.2) is 53.1 Å². The average Bonchev–Trinajstić information content (AvgIpc) is 2.57. The Morgan fingerprint density at radius 2 is 1.80 bits per heavy atom. The minimum Gasteiger partial charge on any atom is -0.355 e. The molecular weight excluding hydrogens is 384 g/mol. The van der Waals surface area contributed by atoms with Gasteiger partial charge in [0, 0.05) is 17.2 Å². The van der Waals surface area contributed by atoms with Gasteiger partial charge in [0.15, 0.2) is 0 Å². The molecule has 0 aliphatic heterocycles. The van der Waals surface area contributed by atoms with E-state index in [1.807, 2.05) is 30.3 Å². The fourth-order valence-electron chi connectivity index (χ4n) is 2.23. The van der Waals surface area contributed by atoms with E-state index < -0.39 is 0 Å². The molecule has 0 atom stereocenters. The number of likely N-dealkylation sites (N-methyl/N-ethyl adjacent to an activating group) is 1. The van der Waals surface area contributed by atoms with E-state index in [1.54, 1.807) is 30.3 Å². The smallest absolute Gasteiger partial charge is 0.239 e. The molecule has 0 aliphatic carbocycles. The van der Waals surface area contributed by atoms with Crippen LogP contribution >= 0.6 is 15.9 Å². The van der Waals surface area contributed by atoms with Crippen molar-refractivity contribution in [3.63, 3.8) is 0 Å². The van der Waals surface area contributed by atoms with Crippen molar-refractivity contribution < 1.29 is 9.59 Å². The summed E-state index contributed by atoms with van der Waals surface area (Å²) in [4.78, 5) is 29.6.